The second kappa shape index (κ2) is 3.19. The topological polar surface area (TPSA) is 17.1 Å². The first-order valence-corrected chi connectivity index (χ1v) is 3.55. The maximum atomic E-state index is 12.8. The Kier molecular flexibility index (Phi) is 2.43. The Morgan fingerprint density at radius 2 is 2.00 bits per heavy atom. The molecule has 0 atom stereocenters. The maximum absolute atomic E-state index is 12.8. The normalized spacial score (nSPS) is 10.0. The summed E-state index contributed by atoms with van der Waals surface area (Å²) in [7, 11) is 0. The van der Waals surface area contributed by atoms with Crippen molar-refractivity contribution in [2.45, 2.75) is 6.92 Å². The minimum Gasteiger partial charge on any atom is -0.294 e. The number of ketones is 1. The molecule has 0 saturated heterocycles. The molecule has 1 rings (SSSR count). The maximum Gasteiger partial charge on any atom is 0.169 e. The van der Waals surface area contributed by atoms with Crippen molar-refractivity contribution in [3.8, 4) is 0 Å². The van der Waals surface area contributed by atoms with Crippen LogP contribution in [0.1, 0.15) is 17.3 Å². The molecule has 1 nitrogen and oxygen atoms in total. The van der Waals surface area contributed by atoms with Gasteiger partial charge in [-0.2, -0.15) is 0 Å². The van der Waals surface area contributed by atoms with Crippen LogP contribution < -0.4 is 0 Å². The van der Waals surface area contributed by atoms with E-state index in [0.29, 0.717) is 0 Å². The van der Waals surface area contributed by atoms with Gasteiger partial charge in [-0.1, -0.05) is 11.6 Å². The minimum absolute atomic E-state index is 0.0131. The van der Waals surface area contributed by atoms with E-state index in [9.17, 15) is 13.6 Å². The smallest absolute Gasteiger partial charge is 0.169 e. The molecule has 0 bridgehead atoms. The molecule has 1 aromatic rings. The van der Waals surface area contributed by atoms with E-state index in [0.717, 1.165) is 19.1 Å². The summed E-state index contributed by atoms with van der Waals surface area (Å²) < 4.78 is 25.4. The number of hydrogen-bond acceptors (Lipinski definition) is 1. The van der Waals surface area contributed by atoms with Crippen molar-refractivity contribution in [3.05, 3.63) is 34.4 Å². The molecule has 0 amide bonds. The van der Waals surface area contributed by atoms with E-state index in [-0.39, 0.29) is 10.6 Å². The molecule has 0 unspecified atom stereocenters. The van der Waals surface area contributed by atoms with Gasteiger partial charge in [0, 0.05) is 5.02 Å². The molecule has 0 saturated carbocycles. The summed E-state index contributed by atoms with van der Waals surface area (Å²) in [4.78, 5) is 10.7. The van der Waals surface area contributed by atoms with E-state index in [4.69, 9.17) is 11.6 Å². The van der Waals surface area contributed by atoms with Gasteiger partial charge in [-0.3, -0.25) is 4.79 Å². The Hall–Kier alpha value is -0.960. The quantitative estimate of drug-likeness (QED) is 0.492. The fourth-order valence-electron chi connectivity index (χ4n) is 0.812. The summed E-state index contributed by atoms with van der Waals surface area (Å²) in [6, 6.07) is 1.92. The Bertz CT molecular complexity index is 336. The van der Waals surface area contributed by atoms with Crippen molar-refractivity contribution in [3.63, 3.8) is 0 Å². The zero-order valence-electron chi connectivity index (χ0n) is 6.20. The number of hydrogen-bond donors (Lipinski definition) is 0. The molecule has 64 valence electrons. The number of halogens is 3. The number of carbonyl (C=O) groups excluding carboxylic acids is 1. The van der Waals surface area contributed by atoms with Gasteiger partial charge in [-0.25, -0.2) is 8.78 Å². The van der Waals surface area contributed by atoms with Gasteiger partial charge >= 0.3 is 0 Å². The molecule has 0 aliphatic rings. The Morgan fingerprint density at radius 3 is 2.50 bits per heavy atom. The highest BCUT2D eigenvalue weighted by atomic mass is 35.5. The van der Waals surface area contributed by atoms with Crippen molar-refractivity contribution >= 4 is 17.4 Å². The first-order chi connectivity index (χ1) is 5.52. The molecule has 4 heteroatoms. The molecule has 0 heterocycles. The monoisotopic (exact) mass is 190 g/mol. The van der Waals surface area contributed by atoms with E-state index in [1.54, 1.807) is 0 Å². The van der Waals surface area contributed by atoms with Crippen LogP contribution in [0.2, 0.25) is 5.02 Å². The van der Waals surface area contributed by atoms with Crippen LogP contribution in [0.5, 0.6) is 0 Å². The van der Waals surface area contributed by atoms with E-state index < -0.39 is 17.4 Å². The van der Waals surface area contributed by atoms with Gasteiger partial charge in [-0.05, 0) is 19.1 Å². The second-order valence-electron chi connectivity index (χ2n) is 2.31. The number of Topliss-reactive ketones (excluding diaryl/α,β-unsaturated/α-hetero) is 1. The predicted octanol–water partition coefficient (Wildman–Crippen LogP) is 2.82. The largest absolute Gasteiger partial charge is 0.294 e. The predicted molar refractivity (Wildman–Crippen MR) is 41.4 cm³/mol. The van der Waals surface area contributed by atoms with Crippen LogP contribution in [-0.4, -0.2) is 5.78 Å². The highest BCUT2D eigenvalue weighted by Crippen LogP contribution is 2.18. The molecule has 0 N–H and O–H groups in total. The van der Waals surface area contributed by atoms with E-state index in [1.165, 1.54) is 0 Å². The second-order valence-corrected chi connectivity index (χ2v) is 2.74. The van der Waals surface area contributed by atoms with Crippen molar-refractivity contribution < 1.29 is 13.6 Å². The molecular weight excluding hydrogens is 186 g/mol. The molecule has 1 aromatic carbocycles. The van der Waals surface area contributed by atoms with Gasteiger partial charge in [0.05, 0.1) is 5.56 Å². The molecule has 0 radical (unpaired) electrons. The molecule has 0 aliphatic heterocycles. The van der Waals surface area contributed by atoms with Crippen LogP contribution in [0, 0.1) is 11.6 Å². The summed E-state index contributed by atoms with van der Waals surface area (Å²) in [5.41, 5.74) is -0.319. The van der Waals surface area contributed by atoms with Gasteiger partial charge in [0.25, 0.3) is 0 Å². The van der Waals surface area contributed by atoms with Gasteiger partial charge in [0.2, 0.25) is 0 Å². The van der Waals surface area contributed by atoms with Crippen molar-refractivity contribution in [2.75, 3.05) is 0 Å². The molecule has 0 fully saturated rings. The van der Waals surface area contributed by atoms with Crippen LogP contribution in [0.15, 0.2) is 12.1 Å². The Labute approximate surface area is 73.0 Å². The van der Waals surface area contributed by atoms with E-state index in [2.05, 4.69) is 0 Å². The highest BCUT2D eigenvalue weighted by molar-refractivity contribution is 6.31. The first-order valence-electron chi connectivity index (χ1n) is 3.18. The van der Waals surface area contributed by atoms with Gasteiger partial charge in [0.1, 0.15) is 0 Å². The lowest BCUT2D eigenvalue weighted by Gasteiger charge is -1.99. The van der Waals surface area contributed by atoms with Crippen molar-refractivity contribution in [2.24, 2.45) is 0 Å². The summed E-state index contributed by atoms with van der Waals surface area (Å²) in [5, 5.41) is 0.0131. The number of benzene rings is 1. The van der Waals surface area contributed by atoms with Crippen LogP contribution in [0.3, 0.4) is 0 Å². The SMILES string of the molecule is CC(=O)c1cc(Cl)cc(F)c1F. The Balaban J connectivity index is 3.37. The number of carbonyl (C=O) groups is 1. The van der Waals surface area contributed by atoms with Crippen molar-refractivity contribution in [1.82, 2.24) is 0 Å². The highest BCUT2D eigenvalue weighted by Gasteiger charge is 2.12. The average molecular weight is 191 g/mol. The molecule has 0 aliphatic carbocycles. The van der Waals surface area contributed by atoms with Crippen LogP contribution in [0.25, 0.3) is 0 Å². The zero-order chi connectivity index (χ0) is 9.30. The standard InChI is InChI=1S/C8H5ClF2O/c1-4(12)6-2-5(9)3-7(10)8(6)11/h2-3H,1H3. The first kappa shape index (κ1) is 9.13. The lowest BCUT2D eigenvalue weighted by Crippen LogP contribution is -1.99. The summed E-state index contributed by atoms with van der Waals surface area (Å²) in [6.45, 7) is 1.15. The van der Waals surface area contributed by atoms with Gasteiger partial charge in [-0.15, -0.1) is 0 Å². The third kappa shape index (κ3) is 1.61. The third-order valence-electron chi connectivity index (χ3n) is 1.37. The molecule has 0 spiro atoms. The van der Waals surface area contributed by atoms with Crippen LogP contribution in [0.4, 0.5) is 8.78 Å². The van der Waals surface area contributed by atoms with Crippen molar-refractivity contribution in [1.29, 1.82) is 0 Å². The van der Waals surface area contributed by atoms with Gasteiger partial charge in [0.15, 0.2) is 17.4 Å². The summed E-state index contributed by atoms with van der Waals surface area (Å²) >= 11 is 5.41. The van der Waals surface area contributed by atoms with E-state index >= 15 is 0 Å². The summed E-state index contributed by atoms with van der Waals surface area (Å²) in [6.07, 6.45) is 0. The lowest BCUT2D eigenvalue weighted by atomic mass is 10.1. The minimum atomic E-state index is -1.15. The summed E-state index contributed by atoms with van der Waals surface area (Å²) in [5.74, 6) is -2.80. The average Bonchev–Trinajstić information content (AvgIpc) is 1.96. The Morgan fingerprint density at radius 1 is 1.42 bits per heavy atom. The fraction of sp³-hybridized carbons (Fsp3) is 0.125. The van der Waals surface area contributed by atoms with E-state index in [1.807, 2.05) is 0 Å². The molecule has 0 aromatic heterocycles. The van der Waals surface area contributed by atoms with Crippen LogP contribution >= 0.6 is 11.6 Å². The van der Waals surface area contributed by atoms with Gasteiger partial charge < -0.3 is 0 Å². The van der Waals surface area contributed by atoms with Crippen LogP contribution in [-0.2, 0) is 0 Å². The molecular formula is C8H5ClF2O. The third-order valence-corrected chi connectivity index (χ3v) is 1.59. The molecule has 12 heavy (non-hydrogen) atoms. The number of rotatable bonds is 1. The fourth-order valence-corrected chi connectivity index (χ4v) is 1.02. The zero-order valence-corrected chi connectivity index (χ0v) is 6.95. The lowest BCUT2D eigenvalue weighted by molar-refractivity contribution is 0.101.